The maximum Gasteiger partial charge on any atom is 0.200 e. The lowest BCUT2D eigenvalue weighted by Crippen LogP contribution is -2.31. The van der Waals surface area contributed by atoms with Gasteiger partial charge in [-0.15, -0.1) is 0 Å². The van der Waals surface area contributed by atoms with Gasteiger partial charge in [-0.3, -0.25) is 24.4 Å². The Bertz CT molecular complexity index is 941. The predicted molar refractivity (Wildman–Crippen MR) is 136 cm³/mol. The van der Waals surface area contributed by atoms with Crippen molar-refractivity contribution in [1.82, 2.24) is 0 Å². The van der Waals surface area contributed by atoms with E-state index in [2.05, 4.69) is 19.7 Å². The first-order valence-corrected chi connectivity index (χ1v) is 11.7. The van der Waals surface area contributed by atoms with E-state index in [-0.39, 0.29) is 42.7 Å². The quantitative estimate of drug-likeness (QED) is 0.197. The Morgan fingerprint density at radius 1 is 0.974 bits per heavy atom. The predicted octanol–water partition coefficient (Wildman–Crippen LogP) is 4.54. The molecule has 2 atom stereocenters. The van der Waals surface area contributed by atoms with Crippen molar-refractivity contribution >= 4 is 23.6 Å². The first-order chi connectivity index (χ1) is 18.0. The summed E-state index contributed by atoms with van der Waals surface area (Å²) in [4.78, 5) is 54.1. The molecule has 0 spiro atoms. The maximum absolute atomic E-state index is 10.9. The number of carbonyl (C=O) groups excluding carboxylic acids is 4. The molecule has 210 valence electrons. The van der Waals surface area contributed by atoms with Crippen molar-refractivity contribution in [1.29, 1.82) is 0 Å². The molecular weight excluding hydrogens is 500 g/mol. The Morgan fingerprint density at radius 2 is 1.53 bits per heavy atom. The van der Waals surface area contributed by atoms with E-state index < -0.39 is 11.5 Å². The zero-order valence-corrected chi connectivity index (χ0v) is 21.9. The third-order valence-corrected chi connectivity index (χ3v) is 4.82. The second kappa shape index (κ2) is 19.7. The summed E-state index contributed by atoms with van der Waals surface area (Å²) in [6.45, 7) is 6.96. The zero-order valence-electron chi connectivity index (χ0n) is 21.9. The Hall–Kier alpha value is -3.32. The van der Waals surface area contributed by atoms with Gasteiger partial charge in [0.1, 0.15) is 5.78 Å². The molecule has 1 saturated carbocycles. The van der Waals surface area contributed by atoms with Crippen LogP contribution in [0.2, 0.25) is 0 Å². The molecule has 0 bridgehead atoms. The number of Topliss-reactive ketones (excluding diaryl/α,β-unsaturated/α-hetero) is 3. The highest BCUT2D eigenvalue weighted by Gasteiger charge is 2.28. The summed E-state index contributed by atoms with van der Waals surface area (Å²) in [7, 11) is 0. The Balaban J connectivity index is 0.000000486. The molecule has 0 saturated heterocycles. The largest absolute Gasteiger partial charge is 0.340 e. The molecule has 0 amide bonds. The van der Waals surface area contributed by atoms with E-state index in [1.807, 2.05) is 43.3 Å². The monoisotopic (exact) mass is 536 g/mol. The molecule has 1 fully saturated rings. The van der Waals surface area contributed by atoms with Gasteiger partial charge >= 0.3 is 0 Å². The van der Waals surface area contributed by atoms with Crippen LogP contribution in [-0.2, 0) is 40.4 Å². The first kappa shape index (κ1) is 34.7. The lowest BCUT2D eigenvalue weighted by molar-refractivity contribution is -0.500. The summed E-state index contributed by atoms with van der Waals surface area (Å²) in [6.07, 6.45) is 0.506. The van der Waals surface area contributed by atoms with Crippen LogP contribution in [0, 0.1) is 5.41 Å². The minimum atomic E-state index is -0.916. The van der Waals surface area contributed by atoms with Gasteiger partial charge in [0, 0.05) is 31.1 Å². The van der Waals surface area contributed by atoms with Crippen molar-refractivity contribution in [2.45, 2.75) is 65.6 Å². The zero-order chi connectivity index (χ0) is 29.0. The van der Waals surface area contributed by atoms with E-state index in [4.69, 9.17) is 15.8 Å². The van der Waals surface area contributed by atoms with Crippen LogP contribution < -0.4 is 4.89 Å². The van der Waals surface area contributed by atoms with Crippen molar-refractivity contribution in [2.24, 2.45) is 5.41 Å². The normalized spacial score (nSPS) is 15.3. The van der Waals surface area contributed by atoms with Gasteiger partial charge in [-0.05, 0) is 24.6 Å². The second-order valence-corrected chi connectivity index (χ2v) is 9.11. The van der Waals surface area contributed by atoms with Crippen molar-refractivity contribution in [3.05, 3.63) is 66.2 Å². The third kappa shape index (κ3) is 16.4. The van der Waals surface area contributed by atoms with E-state index in [0.29, 0.717) is 12.0 Å². The third-order valence-electron chi connectivity index (χ3n) is 4.82. The lowest BCUT2D eigenvalue weighted by Gasteiger charge is -2.16. The van der Waals surface area contributed by atoms with Crippen LogP contribution in [0.5, 0.6) is 5.75 Å². The minimum Gasteiger partial charge on any atom is -0.340 e. The van der Waals surface area contributed by atoms with Crippen LogP contribution in [0.4, 0.5) is 0 Å². The number of hydrogen-bond acceptors (Lipinski definition) is 11. The highest BCUT2D eigenvalue weighted by molar-refractivity contribution is 6.27. The molecule has 3 rings (SSSR count). The second-order valence-electron chi connectivity index (χ2n) is 9.11. The summed E-state index contributed by atoms with van der Waals surface area (Å²) in [5, 5.41) is 27.5. The lowest BCUT2D eigenvalue weighted by atomic mass is 9.92. The molecule has 0 radical (unpaired) electrons. The van der Waals surface area contributed by atoms with Crippen LogP contribution in [-0.4, -0.2) is 51.6 Å². The number of para-hydroxylation sites is 1. The summed E-state index contributed by atoms with van der Waals surface area (Å²) >= 11 is 0. The number of benzene rings is 2. The van der Waals surface area contributed by atoms with Crippen molar-refractivity contribution in [3.63, 3.8) is 0 Å². The van der Waals surface area contributed by atoms with Crippen molar-refractivity contribution < 1.29 is 54.7 Å². The molecule has 0 aromatic heterocycles. The molecule has 3 N–H and O–H groups in total. The highest BCUT2D eigenvalue weighted by atomic mass is 17.5. The van der Waals surface area contributed by atoms with Crippen LogP contribution in [0.25, 0.3) is 0 Å². The van der Waals surface area contributed by atoms with Crippen LogP contribution in [0.15, 0.2) is 60.7 Å². The van der Waals surface area contributed by atoms with Crippen molar-refractivity contribution in [3.8, 4) is 5.75 Å². The molecule has 1 aliphatic rings. The summed E-state index contributed by atoms with van der Waals surface area (Å²) in [5.41, 5.74) is 0.677. The number of rotatable bonds is 7. The van der Waals surface area contributed by atoms with Crippen molar-refractivity contribution in [2.75, 3.05) is 0 Å². The molecule has 11 nitrogen and oxygen atoms in total. The molecule has 2 aromatic carbocycles. The number of aldehydes is 1. The smallest absolute Gasteiger partial charge is 0.200 e. The Kier molecular flexibility index (Phi) is 18.0. The minimum absolute atomic E-state index is 0.000602. The highest BCUT2D eigenvalue weighted by Crippen LogP contribution is 2.14. The van der Waals surface area contributed by atoms with Gasteiger partial charge in [0.05, 0.1) is 6.10 Å². The van der Waals surface area contributed by atoms with Gasteiger partial charge in [-0.1, -0.05) is 74.3 Å². The van der Waals surface area contributed by atoms with Crippen LogP contribution >= 0.6 is 0 Å². The topological polar surface area (TPSA) is 166 Å². The molecule has 2 aromatic rings. The molecule has 2 unspecified atom stereocenters. The van der Waals surface area contributed by atoms with Gasteiger partial charge in [-0.25, -0.2) is 15.4 Å². The van der Waals surface area contributed by atoms with Gasteiger partial charge in [-0.2, -0.15) is 4.89 Å². The van der Waals surface area contributed by atoms with E-state index in [1.54, 1.807) is 45.0 Å². The summed E-state index contributed by atoms with van der Waals surface area (Å²) in [6, 6.07) is 18.7. The van der Waals surface area contributed by atoms with Crippen LogP contribution in [0.3, 0.4) is 0 Å². The SMILES string of the molecule is CC(C)(C)C(=O)C=O.CC(Cc1ccccc1)OO.O=C1CCC(=O)C(OOO)C1.OOc1ccccc1. The first-order valence-electron chi connectivity index (χ1n) is 11.7. The number of carbonyl (C=O) groups is 4. The number of ketones is 3. The Labute approximate surface area is 221 Å². The summed E-state index contributed by atoms with van der Waals surface area (Å²) < 4.78 is 0. The van der Waals surface area contributed by atoms with E-state index >= 15 is 0 Å². The molecule has 1 aliphatic carbocycles. The number of hydrogen-bond donors (Lipinski definition) is 3. The molecule has 0 aliphatic heterocycles. The fraction of sp³-hybridized carbons (Fsp3) is 0.407. The standard InChI is InChI=1S/C9H12O2.C6H8O5.C6H6O2.C6H10O2/c1-8(11-10)7-9-5-3-2-4-6-9;7-4-1-2-5(8)6(3-4)10-11-9;7-8-6-4-2-1-3-5-6;1-6(2,3)5(8)4-7/h2-6,8,10H,7H2,1H3;6,9H,1-3H2;1-5,7H;4H,1-3H3. The average Bonchev–Trinajstić information content (AvgIpc) is 2.92. The maximum atomic E-state index is 10.9. The van der Waals surface area contributed by atoms with E-state index in [1.165, 1.54) is 5.56 Å². The average molecular weight is 537 g/mol. The fourth-order valence-electron chi connectivity index (χ4n) is 2.63. The molecular formula is C27H36O11. The van der Waals surface area contributed by atoms with E-state index in [0.717, 1.165) is 6.42 Å². The summed E-state index contributed by atoms with van der Waals surface area (Å²) in [5.74, 6) is -0.143. The van der Waals surface area contributed by atoms with Gasteiger partial charge in [0.15, 0.2) is 29.7 Å². The van der Waals surface area contributed by atoms with Gasteiger partial charge in [0.25, 0.3) is 0 Å². The fourth-order valence-corrected chi connectivity index (χ4v) is 2.63. The van der Waals surface area contributed by atoms with Gasteiger partial charge in [0.2, 0.25) is 0 Å². The van der Waals surface area contributed by atoms with Gasteiger partial charge < -0.3 is 4.89 Å². The molecule has 11 heteroatoms. The van der Waals surface area contributed by atoms with E-state index in [9.17, 15) is 19.2 Å². The molecule has 38 heavy (non-hydrogen) atoms. The Morgan fingerprint density at radius 3 is 1.92 bits per heavy atom. The van der Waals surface area contributed by atoms with Crippen LogP contribution in [0.1, 0.15) is 52.5 Å². The molecule has 0 heterocycles.